The molecule has 0 spiro atoms. The number of carbonyl (C=O) groups is 1. The molecular formula is C24H19ClN2O3. The van der Waals surface area contributed by atoms with Gasteiger partial charge in [0.05, 0.1) is 12.6 Å². The Kier molecular flexibility index (Phi) is 5.55. The number of aromatic nitrogens is 1. The summed E-state index contributed by atoms with van der Waals surface area (Å²) in [7, 11) is 1.55. The Labute approximate surface area is 178 Å². The highest BCUT2D eigenvalue weighted by Crippen LogP contribution is 2.21. The lowest BCUT2D eigenvalue weighted by Crippen LogP contribution is -2.27. The molecule has 4 rings (SSSR count). The number of nitrogens with zero attached hydrogens (tertiary/aromatic N) is 1. The second-order valence-corrected chi connectivity index (χ2v) is 7.20. The highest BCUT2D eigenvalue weighted by molar-refractivity contribution is 6.31. The summed E-state index contributed by atoms with van der Waals surface area (Å²) in [6.07, 6.45) is 1.75. The van der Waals surface area contributed by atoms with Crippen molar-refractivity contribution in [3.63, 3.8) is 0 Å². The molecule has 0 atom stereocenters. The third-order valence-corrected chi connectivity index (χ3v) is 5.08. The molecule has 6 heteroatoms. The van der Waals surface area contributed by atoms with Gasteiger partial charge in [-0.1, -0.05) is 35.9 Å². The predicted octanol–water partition coefficient (Wildman–Crippen LogP) is 4.58. The predicted molar refractivity (Wildman–Crippen MR) is 119 cm³/mol. The molecule has 1 heterocycles. The summed E-state index contributed by atoms with van der Waals surface area (Å²) in [6.45, 7) is 0.0975. The number of hydrogen-bond donors (Lipinski definition) is 1. The van der Waals surface area contributed by atoms with Crippen LogP contribution in [-0.2, 0) is 6.54 Å². The lowest BCUT2D eigenvalue weighted by atomic mass is 10.1. The molecular weight excluding hydrogens is 400 g/mol. The van der Waals surface area contributed by atoms with Gasteiger partial charge in [-0.15, -0.1) is 0 Å². The SMILES string of the molecule is COc1cccc(C(=O)NCc2cn(-c3ccccc3)c3cc(Cl)ccc3c2=O)c1. The number of amides is 1. The van der Waals surface area contributed by atoms with Crippen molar-refractivity contribution in [1.29, 1.82) is 0 Å². The maximum absolute atomic E-state index is 13.0. The van der Waals surface area contributed by atoms with Gasteiger partial charge in [-0.3, -0.25) is 9.59 Å². The second-order valence-electron chi connectivity index (χ2n) is 6.77. The standard InChI is InChI=1S/C24H19ClN2O3/c1-30-20-9-5-6-16(12-20)24(29)26-14-17-15-27(19-7-3-2-4-8-19)22-13-18(25)10-11-21(22)23(17)28/h2-13,15H,14H2,1H3,(H,26,29). The number of nitrogens with one attached hydrogen (secondary N) is 1. The minimum absolute atomic E-state index is 0.0975. The largest absolute Gasteiger partial charge is 0.497 e. The normalized spacial score (nSPS) is 10.7. The van der Waals surface area contributed by atoms with E-state index in [1.165, 1.54) is 0 Å². The molecule has 1 aromatic heterocycles. The van der Waals surface area contributed by atoms with E-state index in [1.54, 1.807) is 55.8 Å². The lowest BCUT2D eigenvalue weighted by molar-refractivity contribution is 0.0950. The number of fused-ring (bicyclic) bond motifs is 1. The number of hydrogen-bond acceptors (Lipinski definition) is 3. The third kappa shape index (κ3) is 3.93. The number of para-hydroxylation sites is 1. The van der Waals surface area contributed by atoms with E-state index in [1.807, 2.05) is 34.9 Å². The summed E-state index contributed by atoms with van der Waals surface area (Å²) in [4.78, 5) is 25.6. The monoisotopic (exact) mass is 418 g/mol. The van der Waals surface area contributed by atoms with Gasteiger partial charge in [0.15, 0.2) is 5.43 Å². The van der Waals surface area contributed by atoms with E-state index in [4.69, 9.17) is 16.3 Å². The van der Waals surface area contributed by atoms with E-state index in [-0.39, 0.29) is 17.9 Å². The van der Waals surface area contributed by atoms with Gasteiger partial charge < -0.3 is 14.6 Å². The van der Waals surface area contributed by atoms with Gasteiger partial charge in [-0.25, -0.2) is 0 Å². The smallest absolute Gasteiger partial charge is 0.251 e. The highest BCUT2D eigenvalue weighted by Gasteiger charge is 2.13. The number of carbonyl (C=O) groups excluding carboxylic acids is 1. The summed E-state index contributed by atoms with van der Waals surface area (Å²) >= 11 is 6.18. The summed E-state index contributed by atoms with van der Waals surface area (Å²) in [5.74, 6) is 0.312. The van der Waals surface area contributed by atoms with E-state index >= 15 is 0 Å². The summed E-state index contributed by atoms with van der Waals surface area (Å²) in [5.41, 5.74) is 2.40. The molecule has 0 aliphatic carbocycles. The van der Waals surface area contributed by atoms with E-state index in [0.717, 1.165) is 5.69 Å². The summed E-state index contributed by atoms with van der Waals surface area (Å²) < 4.78 is 7.08. The Morgan fingerprint density at radius 2 is 1.83 bits per heavy atom. The molecule has 4 aromatic rings. The average molecular weight is 419 g/mol. The Balaban J connectivity index is 1.72. The van der Waals surface area contributed by atoms with Crippen LogP contribution in [0.15, 0.2) is 83.8 Å². The third-order valence-electron chi connectivity index (χ3n) is 4.85. The number of halogens is 1. The molecule has 0 aliphatic heterocycles. The van der Waals surface area contributed by atoms with Crippen molar-refractivity contribution in [3.05, 3.63) is 105 Å². The van der Waals surface area contributed by atoms with Crippen molar-refractivity contribution in [2.24, 2.45) is 0 Å². The topological polar surface area (TPSA) is 60.3 Å². The zero-order valence-electron chi connectivity index (χ0n) is 16.3. The van der Waals surface area contributed by atoms with Gasteiger partial charge >= 0.3 is 0 Å². The quantitative estimate of drug-likeness (QED) is 0.516. The first-order valence-electron chi connectivity index (χ1n) is 9.38. The molecule has 0 saturated heterocycles. The van der Waals surface area contributed by atoms with Crippen LogP contribution in [0.25, 0.3) is 16.6 Å². The van der Waals surface area contributed by atoms with Gasteiger partial charge in [0.2, 0.25) is 0 Å². The van der Waals surface area contributed by atoms with E-state index in [2.05, 4.69) is 5.32 Å². The van der Waals surface area contributed by atoms with Crippen molar-refractivity contribution in [1.82, 2.24) is 9.88 Å². The Hall–Kier alpha value is -3.57. The van der Waals surface area contributed by atoms with E-state index < -0.39 is 0 Å². The van der Waals surface area contributed by atoms with Crippen molar-refractivity contribution in [2.45, 2.75) is 6.54 Å². The first-order chi connectivity index (χ1) is 14.6. The Morgan fingerprint density at radius 1 is 1.03 bits per heavy atom. The van der Waals surface area contributed by atoms with Crippen LogP contribution in [-0.4, -0.2) is 17.6 Å². The van der Waals surface area contributed by atoms with Crippen LogP contribution in [0, 0.1) is 0 Å². The molecule has 0 fully saturated rings. The van der Waals surface area contributed by atoms with Crippen LogP contribution in [0.3, 0.4) is 0 Å². The van der Waals surface area contributed by atoms with Gasteiger partial charge in [0.25, 0.3) is 5.91 Å². The van der Waals surface area contributed by atoms with E-state index in [0.29, 0.717) is 32.8 Å². The van der Waals surface area contributed by atoms with Crippen LogP contribution < -0.4 is 15.5 Å². The fraction of sp³-hybridized carbons (Fsp3) is 0.0833. The molecule has 0 saturated carbocycles. The molecule has 3 aromatic carbocycles. The van der Waals surface area contributed by atoms with Crippen molar-refractivity contribution in [2.75, 3.05) is 7.11 Å². The first-order valence-corrected chi connectivity index (χ1v) is 9.76. The van der Waals surface area contributed by atoms with Gasteiger partial charge in [-0.2, -0.15) is 0 Å². The maximum Gasteiger partial charge on any atom is 0.251 e. The van der Waals surface area contributed by atoms with Crippen LogP contribution in [0.1, 0.15) is 15.9 Å². The molecule has 150 valence electrons. The minimum Gasteiger partial charge on any atom is -0.497 e. The first kappa shape index (κ1) is 19.7. The molecule has 30 heavy (non-hydrogen) atoms. The molecule has 5 nitrogen and oxygen atoms in total. The summed E-state index contributed by atoms with van der Waals surface area (Å²) in [6, 6.07) is 21.7. The average Bonchev–Trinajstić information content (AvgIpc) is 2.79. The zero-order chi connectivity index (χ0) is 21.1. The zero-order valence-corrected chi connectivity index (χ0v) is 17.0. The molecule has 0 unspecified atom stereocenters. The molecule has 1 amide bonds. The highest BCUT2D eigenvalue weighted by atomic mass is 35.5. The number of methoxy groups -OCH3 is 1. The lowest BCUT2D eigenvalue weighted by Gasteiger charge is -2.14. The number of rotatable bonds is 5. The second kappa shape index (κ2) is 8.43. The van der Waals surface area contributed by atoms with Crippen molar-refractivity contribution < 1.29 is 9.53 Å². The fourth-order valence-corrected chi connectivity index (χ4v) is 3.49. The molecule has 1 N–H and O–H groups in total. The Bertz CT molecular complexity index is 1280. The molecule has 0 radical (unpaired) electrons. The minimum atomic E-state index is -0.282. The van der Waals surface area contributed by atoms with Crippen LogP contribution in [0.5, 0.6) is 5.75 Å². The number of ether oxygens (including phenoxy) is 1. The van der Waals surface area contributed by atoms with Crippen LogP contribution >= 0.6 is 11.6 Å². The number of benzene rings is 3. The molecule has 0 bridgehead atoms. The molecule has 0 aliphatic rings. The van der Waals surface area contributed by atoms with Gasteiger partial charge in [-0.05, 0) is 48.5 Å². The van der Waals surface area contributed by atoms with E-state index in [9.17, 15) is 9.59 Å². The van der Waals surface area contributed by atoms with Crippen LogP contribution in [0.2, 0.25) is 5.02 Å². The fourth-order valence-electron chi connectivity index (χ4n) is 3.32. The Morgan fingerprint density at radius 3 is 2.60 bits per heavy atom. The van der Waals surface area contributed by atoms with Crippen LogP contribution in [0.4, 0.5) is 0 Å². The van der Waals surface area contributed by atoms with Gasteiger partial charge in [0, 0.05) is 40.0 Å². The van der Waals surface area contributed by atoms with Crippen molar-refractivity contribution in [3.8, 4) is 11.4 Å². The number of pyridine rings is 1. The summed E-state index contributed by atoms with van der Waals surface area (Å²) in [5, 5.41) is 3.91. The van der Waals surface area contributed by atoms with Gasteiger partial charge in [0.1, 0.15) is 5.75 Å². The maximum atomic E-state index is 13.0. The van der Waals surface area contributed by atoms with Crippen molar-refractivity contribution >= 4 is 28.4 Å².